The molecule has 0 saturated carbocycles. The first-order chi connectivity index (χ1) is 13.8. The van der Waals surface area contributed by atoms with Gasteiger partial charge in [-0.15, -0.1) is 0 Å². The van der Waals surface area contributed by atoms with Crippen molar-refractivity contribution in [1.82, 2.24) is 9.55 Å². The predicted molar refractivity (Wildman–Crippen MR) is 117 cm³/mol. The van der Waals surface area contributed by atoms with Gasteiger partial charge < -0.3 is 9.67 Å². The summed E-state index contributed by atoms with van der Waals surface area (Å²) in [6, 6.07) is 20.9. The number of aliphatic hydroxyl groups is 1. The van der Waals surface area contributed by atoms with Gasteiger partial charge >= 0.3 is 0 Å². The Labute approximate surface area is 168 Å². The molecule has 0 unspecified atom stereocenters. The van der Waals surface area contributed by atoms with Gasteiger partial charge in [-0.05, 0) is 24.5 Å². The second-order valence-corrected chi connectivity index (χ2v) is 6.18. The van der Waals surface area contributed by atoms with E-state index in [0.717, 1.165) is 6.42 Å². The summed E-state index contributed by atoms with van der Waals surface area (Å²) in [5, 5.41) is 9.50. The van der Waals surface area contributed by atoms with Crippen LogP contribution in [0.3, 0.4) is 0 Å². The quantitative estimate of drug-likeness (QED) is 0.537. The molecule has 0 atom stereocenters. The minimum absolute atomic E-state index is 0.0684. The van der Waals surface area contributed by atoms with E-state index in [2.05, 4.69) is 70.2 Å². The Kier molecular flexibility index (Phi) is 8.44. The van der Waals surface area contributed by atoms with E-state index in [-0.39, 0.29) is 6.61 Å². The molecular weight excluding hydrogens is 344 g/mol. The molecule has 3 heteroatoms. The van der Waals surface area contributed by atoms with Crippen molar-refractivity contribution in [3.8, 4) is 0 Å². The molecule has 0 amide bonds. The molecule has 146 valence electrons. The van der Waals surface area contributed by atoms with Gasteiger partial charge in [0.2, 0.25) is 0 Å². The van der Waals surface area contributed by atoms with Gasteiger partial charge in [0.25, 0.3) is 0 Å². The average Bonchev–Trinajstić information content (AvgIpc) is 3.26. The summed E-state index contributed by atoms with van der Waals surface area (Å²) in [7, 11) is 0. The molecule has 3 aromatic rings. The molecule has 0 aliphatic heterocycles. The zero-order chi connectivity index (χ0) is 20.2. The van der Waals surface area contributed by atoms with Crippen LogP contribution in [0.4, 0.5) is 0 Å². The number of allylic oxidation sites excluding steroid dienone is 4. The van der Waals surface area contributed by atoms with E-state index < -0.39 is 5.54 Å². The highest BCUT2D eigenvalue weighted by Gasteiger charge is 2.35. The molecular formula is C25H30N2O. The maximum atomic E-state index is 9.50. The van der Waals surface area contributed by atoms with Crippen LogP contribution in [-0.4, -0.2) is 14.7 Å². The molecule has 0 spiro atoms. The Balaban J connectivity index is 0.00000136. The molecule has 1 aromatic heterocycles. The maximum absolute atomic E-state index is 9.50. The second kappa shape index (κ2) is 11.1. The van der Waals surface area contributed by atoms with E-state index in [0.29, 0.717) is 5.69 Å². The van der Waals surface area contributed by atoms with Gasteiger partial charge in [0.1, 0.15) is 0 Å². The Bertz CT molecular complexity index is 824. The minimum atomic E-state index is -0.430. The van der Waals surface area contributed by atoms with Crippen LogP contribution in [0.25, 0.3) is 0 Å². The van der Waals surface area contributed by atoms with Crippen LogP contribution in [0.15, 0.2) is 97.5 Å². The first-order valence-electron chi connectivity index (χ1n) is 9.84. The number of aliphatic hydroxyl groups excluding tert-OH is 1. The fourth-order valence-electron chi connectivity index (χ4n) is 3.32. The molecule has 1 heterocycles. The molecule has 2 aromatic carbocycles. The lowest BCUT2D eigenvalue weighted by atomic mass is 9.79. The Morgan fingerprint density at radius 2 is 1.50 bits per heavy atom. The van der Waals surface area contributed by atoms with Crippen LogP contribution in [0, 0.1) is 0 Å². The van der Waals surface area contributed by atoms with E-state index in [9.17, 15) is 5.11 Å². The molecule has 0 aliphatic rings. The van der Waals surface area contributed by atoms with E-state index in [1.165, 1.54) is 11.1 Å². The summed E-state index contributed by atoms with van der Waals surface area (Å²) in [6.07, 6.45) is 12.8. The van der Waals surface area contributed by atoms with Crippen molar-refractivity contribution in [1.29, 1.82) is 0 Å². The first-order valence-corrected chi connectivity index (χ1v) is 9.84. The van der Waals surface area contributed by atoms with E-state index in [1.807, 2.05) is 57.6 Å². The largest absolute Gasteiger partial charge is 0.390 e. The molecule has 1 N–H and O–H groups in total. The molecule has 0 bridgehead atoms. The zero-order valence-corrected chi connectivity index (χ0v) is 17.0. The van der Waals surface area contributed by atoms with Crippen LogP contribution < -0.4 is 0 Å². The Morgan fingerprint density at radius 3 is 1.96 bits per heavy atom. The number of benzene rings is 2. The maximum Gasteiger partial charge on any atom is 0.0992 e. The van der Waals surface area contributed by atoms with Crippen LogP contribution in [0.2, 0.25) is 0 Å². The van der Waals surface area contributed by atoms with Crippen molar-refractivity contribution in [3.05, 3.63) is 114 Å². The number of rotatable bonds is 7. The van der Waals surface area contributed by atoms with E-state index >= 15 is 0 Å². The Morgan fingerprint density at radius 1 is 0.929 bits per heavy atom. The lowest BCUT2D eigenvalue weighted by Crippen LogP contribution is -2.35. The highest BCUT2D eigenvalue weighted by Crippen LogP contribution is 2.38. The molecule has 3 nitrogen and oxygen atoms in total. The van der Waals surface area contributed by atoms with Crippen molar-refractivity contribution in [2.24, 2.45) is 0 Å². The number of aromatic nitrogens is 2. The predicted octanol–water partition coefficient (Wildman–Crippen LogP) is 5.72. The molecule has 28 heavy (non-hydrogen) atoms. The third-order valence-electron chi connectivity index (χ3n) is 4.59. The first kappa shape index (κ1) is 21.4. The van der Waals surface area contributed by atoms with Crippen LogP contribution in [-0.2, 0) is 12.1 Å². The topological polar surface area (TPSA) is 38.0 Å². The van der Waals surface area contributed by atoms with Gasteiger partial charge in [0.05, 0.1) is 24.2 Å². The smallest absolute Gasteiger partial charge is 0.0992 e. The summed E-state index contributed by atoms with van der Waals surface area (Å²) in [5.74, 6) is 0. The summed E-state index contributed by atoms with van der Waals surface area (Å²) in [4.78, 5) is 4.37. The molecule has 0 saturated heterocycles. The summed E-state index contributed by atoms with van der Waals surface area (Å²) >= 11 is 0. The molecule has 0 aliphatic carbocycles. The van der Waals surface area contributed by atoms with Crippen LogP contribution in [0.5, 0.6) is 0 Å². The van der Waals surface area contributed by atoms with Crippen molar-refractivity contribution < 1.29 is 5.11 Å². The van der Waals surface area contributed by atoms with Crippen LogP contribution in [0.1, 0.15) is 44.0 Å². The van der Waals surface area contributed by atoms with Gasteiger partial charge in [0, 0.05) is 6.20 Å². The third kappa shape index (κ3) is 4.68. The summed E-state index contributed by atoms with van der Waals surface area (Å²) < 4.78 is 2.11. The SMILES string of the molecule is C/C=C\C=C/CC(c1ccccc1)(c1ccccc1)n1cnc(CO)c1.CC. The normalized spacial score (nSPS) is 11.6. The van der Waals surface area contributed by atoms with Gasteiger partial charge in [-0.3, -0.25) is 0 Å². The number of nitrogens with zero attached hydrogens (tertiary/aromatic N) is 2. The van der Waals surface area contributed by atoms with Crippen molar-refractivity contribution in [3.63, 3.8) is 0 Å². The molecule has 3 rings (SSSR count). The fraction of sp³-hybridized carbons (Fsp3) is 0.240. The lowest BCUT2D eigenvalue weighted by molar-refractivity contribution is 0.277. The Hall–Kier alpha value is -2.91. The van der Waals surface area contributed by atoms with Crippen molar-refractivity contribution in [2.75, 3.05) is 0 Å². The van der Waals surface area contributed by atoms with Gasteiger partial charge in [-0.1, -0.05) is 98.8 Å². The monoisotopic (exact) mass is 374 g/mol. The highest BCUT2D eigenvalue weighted by atomic mass is 16.3. The second-order valence-electron chi connectivity index (χ2n) is 6.18. The average molecular weight is 375 g/mol. The minimum Gasteiger partial charge on any atom is -0.390 e. The summed E-state index contributed by atoms with van der Waals surface area (Å²) in [5.41, 5.74) is 2.59. The van der Waals surface area contributed by atoms with E-state index in [4.69, 9.17) is 0 Å². The molecule has 0 fully saturated rings. The third-order valence-corrected chi connectivity index (χ3v) is 4.59. The van der Waals surface area contributed by atoms with E-state index in [1.54, 1.807) is 0 Å². The lowest BCUT2D eigenvalue weighted by Gasteiger charge is -2.36. The highest BCUT2D eigenvalue weighted by molar-refractivity contribution is 5.41. The molecule has 0 radical (unpaired) electrons. The van der Waals surface area contributed by atoms with Crippen LogP contribution >= 0.6 is 0 Å². The van der Waals surface area contributed by atoms with Gasteiger partial charge in [0.15, 0.2) is 0 Å². The fourth-order valence-corrected chi connectivity index (χ4v) is 3.32. The van der Waals surface area contributed by atoms with Crippen molar-refractivity contribution >= 4 is 0 Å². The number of imidazole rings is 1. The van der Waals surface area contributed by atoms with Crippen molar-refractivity contribution in [2.45, 2.75) is 39.3 Å². The number of hydrogen-bond donors (Lipinski definition) is 1. The van der Waals surface area contributed by atoms with Gasteiger partial charge in [-0.2, -0.15) is 0 Å². The number of hydrogen-bond acceptors (Lipinski definition) is 2. The van der Waals surface area contributed by atoms with Gasteiger partial charge in [-0.25, -0.2) is 4.98 Å². The zero-order valence-electron chi connectivity index (χ0n) is 17.0. The standard InChI is InChI=1S/C23H24N2O.C2H6/c1-2-3-4-11-16-23(20-12-7-5-8-13-20,21-14-9-6-10-15-21)25-17-22(18-26)24-19-25;1-2/h2-15,17,19,26H,16,18H2,1H3;1-2H3/b3-2-,11-4-;. The summed E-state index contributed by atoms with van der Waals surface area (Å²) in [6.45, 7) is 5.94.